The molecule has 0 spiro atoms. The smallest absolute Gasteiger partial charge is 0.280 e. The minimum Gasteiger partial charge on any atom is -0.311 e. The zero-order valence-electron chi connectivity index (χ0n) is 13.9. The Morgan fingerprint density at radius 2 is 1.72 bits per heavy atom. The Labute approximate surface area is 144 Å². The molecule has 1 aromatic heterocycles. The highest BCUT2D eigenvalue weighted by Crippen LogP contribution is 2.32. The van der Waals surface area contributed by atoms with E-state index in [-0.39, 0.29) is 11.3 Å². The van der Waals surface area contributed by atoms with E-state index in [4.69, 9.17) is 0 Å². The lowest BCUT2D eigenvalue weighted by atomic mass is 10.0. The van der Waals surface area contributed by atoms with E-state index in [0.717, 1.165) is 15.8 Å². The molecular weight excluding hydrogens is 324 g/mol. The zero-order chi connectivity index (χ0) is 18.0. The molecule has 0 fully saturated rings. The molecule has 128 valence electrons. The van der Waals surface area contributed by atoms with Gasteiger partial charge in [-0.15, -0.1) is 0 Å². The molecule has 0 saturated heterocycles. The van der Waals surface area contributed by atoms with Crippen molar-refractivity contribution in [3.63, 3.8) is 0 Å². The Balaban J connectivity index is 2.03. The summed E-state index contributed by atoms with van der Waals surface area (Å²) in [6.07, 6.45) is -1.59. The maximum atomic E-state index is 13.3. The van der Waals surface area contributed by atoms with Gasteiger partial charge in [-0.2, -0.15) is 5.10 Å². The molecule has 0 N–H and O–H groups in total. The number of alkyl halides is 2. The van der Waals surface area contributed by atoms with Gasteiger partial charge in [0.15, 0.2) is 0 Å². The fourth-order valence-corrected chi connectivity index (χ4v) is 2.79. The Morgan fingerprint density at radius 3 is 2.40 bits per heavy atom. The van der Waals surface area contributed by atoms with Gasteiger partial charge in [0, 0.05) is 19.7 Å². The van der Waals surface area contributed by atoms with Gasteiger partial charge in [-0.05, 0) is 11.6 Å². The minimum atomic E-state index is -2.77. The van der Waals surface area contributed by atoms with Crippen molar-refractivity contribution in [2.24, 2.45) is 7.05 Å². The molecule has 1 amide bonds. The van der Waals surface area contributed by atoms with Crippen LogP contribution < -0.4 is 4.90 Å². The third-order valence-electron chi connectivity index (χ3n) is 4.08. The Kier molecular flexibility index (Phi) is 4.61. The fourth-order valence-electron chi connectivity index (χ4n) is 2.79. The molecule has 0 aliphatic carbocycles. The number of aromatic nitrogens is 2. The number of benzene rings is 2. The van der Waals surface area contributed by atoms with Crippen LogP contribution in [0.1, 0.15) is 22.5 Å². The first-order chi connectivity index (χ1) is 12.0. The normalized spacial score (nSPS) is 10.9. The predicted octanol–water partition coefficient (Wildman–Crippen LogP) is 4.30. The SMILES string of the molecule is CN(C(=O)c1cnn(C)c1C(F)F)c1ccccc1-c1ccccc1. The lowest BCUT2D eigenvalue weighted by Crippen LogP contribution is -2.27. The minimum absolute atomic E-state index is 0.0946. The molecule has 1 heterocycles. The first-order valence-electron chi connectivity index (χ1n) is 7.73. The summed E-state index contributed by atoms with van der Waals surface area (Å²) in [6, 6.07) is 17.0. The number of anilines is 1. The molecule has 6 heteroatoms. The summed E-state index contributed by atoms with van der Waals surface area (Å²) >= 11 is 0. The summed E-state index contributed by atoms with van der Waals surface area (Å²) in [5.41, 5.74) is 1.96. The van der Waals surface area contributed by atoms with Crippen LogP contribution in [0.15, 0.2) is 60.8 Å². The van der Waals surface area contributed by atoms with Crippen LogP contribution in [0.5, 0.6) is 0 Å². The van der Waals surface area contributed by atoms with E-state index >= 15 is 0 Å². The number of para-hydroxylation sites is 1. The van der Waals surface area contributed by atoms with Gasteiger partial charge in [0.2, 0.25) is 0 Å². The molecule has 3 rings (SSSR count). The van der Waals surface area contributed by atoms with Crippen LogP contribution in [-0.4, -0.2) is 22.7 Å². The molecule has 0 aliphatic heterocycles. The van der Waals surface area contributed by atoms with Crippen molar-refractivity contribution >= 4 is 11.6 Å². The van der Waals surface area contributed by atoms with Crippen LogP contribution in [0.4, 0.5) is 14.5 Å². The topological polar surface area (TPSA) is 38.1 Å². The van der Waals surface area contributed by atoms with Gasteiger partial charge in [-0.1, -0.05) is 48.5 Å². The highest BCUT2D eigenvalue weighted by molar-refractivity contribution is 6.08. The molecule has 0 bridgehead atoms. The highest BCUT2D eigenvalue weighted by Gasteiger charge is 2.26. The van der Waals surface area contributed by atoms with Gasteiger partial charge < -0.3 is 4.90 Å². The second-order valence-corrected chi connectivity index (χ2v) is 5.62. The fraction of sp³-hybridized carbons (Fsp3) is 0.158. The summed E-state index contributed by atoms with van der Waals surface area (Å²) < 4.78 is 27.6. The van der Waals surface area contributed by atoms with Crippen molar-refractivity contribution in [1.82, 2.24) is 9.78 Å². The van der Waals surface area contributed by atoms with E-state index in [2.05, 4.69) is 5.10 Å². The number of carbonyl (C=O) groups is 1. The van der Waals surface area contributed by atoms with Crippen LogP contribution in [0.2, 0.25) is 0 Å². The van der Waals surface area contributed by atoms with Crippen molar-refractivity contribution in [3.8, 4) is 11.1 Å². The molecular formula is C19H17F2N3O. The first-order valence-corrected chi connectivity index (χ1v) is 7.73. The Bertz CT molecular complexity index is 891. The quantitative estimate of drug-likeness (QED) is 0.709. The van der Waals surface area contributed by atoms with Gasteiger partial charge in [0.25, 0.3) is 12.3 Å². The van der Waals surface area contributed by atoms with Gasteiger partial charge in [-0.25, -0.2) is 8.78 Å². The Hall–Kier alpha value is -3.02. The van der Waals surface area contributed by atoms with Crippen molar-refractivity contribution in [2.75, 3.05) is 11.9 Å². The summed E-state index contributed by atoms with van der Waals surface area (Å²) in [4.78, 5) is 14.2. The molecule has 3 aromatic rings. The lowest BCUT2D eigenvalue weighted by Gasteiger charge is -2.21. The third kappa shape index (κ3) is 3.15. The van der Waals surface area contributed by atoms with Crippen LogP contribution in [-0.2, 0) is 7.05 Å². The molecule has 0 saturated carbocycles. The number of halogens is 2. The monoisotopic (exact) mass is 341 g/mol. The van der Waals surface area contributed by atoms with Crippen molar-refractivity contribution in [3.05, 3.63) is 72.1 Å². The molecule has 0 unspecified atom stereocenters. The molecule has 0 atom stereocenters. The van der Waals surface area contributed by atoms with Gasteiger partial charge in [0.1, 0.15) is 5.69 Å². The summed E-state index contributed by atoms with van der Waals surface area (Å²) in [6.45, 7) is 0. The number of nitrogens with zero attached hydrogens (tertiary/aromatic N) is 3. The lowest BCUT2D eigenvalue weighted by molar-refractivity contribution is 0.0975. The number of hydrogen-bond acceptors (Lipinski definition) is 2. The first kappa shape index (κ1) is 16.8. The van der Waals surface area contributed by atoms with Crippen molar-refractivity contribution < 1.29 is 13.6 Å². The second kappa shape index (κ2) is 6.84. The Morgan fingerprint density at radius 1 is 1.08 bits per heavy atom. The van der Waals surface area contributed by atoms with Crippen molar-refractivity contribution in [1.29, 1.82) is 0 Å². The largest absolute Gasteiger partial charge is 0.311 e. The van der Waals surface area contributed by atoms with E-state index in [1.165, 1.54) is 18.1 Å². The molecule has 25 heavy (non-hydrogen) atoms. The number of amides is 1. The second-order valence-electron chi connectivity index (χ2n) is 5.62. The van der Waals surface area contributed by atoms with Gasteiger partial charge in [0.05, 0.1) is 17.4 Å². The average molecular weight is 341 g/mol. The molecule has 2 aromatic carbocycles. The summed E-state index contributed by atoms with van der Waals surface area (Å²) in [7, 11) is 2.97. The van der Waals surface area contributed by atoms with E-state index in [0.29, 0.717) is 5.69 Å². The van der Waals surface area contributed by atoms with Crippen LogP contribution in [0, 0.1) is 0 Å². The van der Waals surface area contributed by atoms with Crippen LogP contribution in [0.25, 0.3) is 11.1 Å². The zero-order valence-corrected chi connectivity index (χ0v) is 13.9. The molecule has 4 nitrogen and oxygen atoms in total. The highest BCUT2D eigenvalue weighted by atomic mass is 19.3. The third-order valence-corrected chi connectivity index (χ3v) is 4.08. The van der Waals surface area contributed by atoms with E-state index in [1.54, 1.807) is 13.1 Å². The number of aryl methyl sites for hydroxylation is 1. The maximum absolute atomic E-state index is 13.3. The van der Waals surface area contributed by atoms with E-state index in [9.17, 15) is 13.6 Å². The van der Waals surface area contributed by atoms with Crippen LogP contribution >= 0.6 is 0 Å². The van der Waals surface area contributed by atoms with Crippen LogP contribution in [0.3, 0.4) is 0 Å². The molecule has 0 radical (unpaired) electrons. The van der Waals surface area contributed by atoms with Gasteiger partial charge in [-0.3, -0.25) is 9.48 Å². The maximum Gasteiger partial charge on any atom is 0.280 e. The average Bonchev–Trinajstić information content (AvgIpc) is 3.03. The standard InChI is InChI=1S/C19H17F2N3O/c1-23(19(25)15-12-22-24(2)17(15)18(20)21)16-11-7-6-10-14(16)13-8-4-3-5-9-13/h3-12,18H,1-2H3. The number of carbonyl (C=O) groups excluding carboxylic acids is 1. The van der Waals surface area contributed by atoms with Gasteiger partial charge >= 0.3 is 0 Å². The number of rotatable bonds is 4. The van der Waals surface area contributed by atoms with Crippen molar-refractivity contribution in [2.45, 2.75) is 6.43 Å². The number of hydrogen-bond donors (Lipinski definition) is 0. The summed E-state index contributed by atoms with van der Waals surface area (Å²) in [5, 5.41) is 3.80. The molecule has 0 aliphatic rings. The predicted molar refractivity (Wildman–Crippen MR) is 92.8 cm³/mol. The summed E-state index contributed by atoms with van der Waals surface area (Å²) in [5.74, 6) is -0.521. The van der Waals surface area contributed by atoms with E-state index < -0.39 is 12.3 Å². The van der Waals surface area contributed by atoms with E-state index in [1.807, 2.05) is 48.5 Å².